The molecule has 1 atom stereocenters. The summed E-state index contributed by atoms with van der Waals surface area (Å²) >= 11 is 0. The van der Waals surface area contributed by atoms with E-state index in [1.54, 1.807) is 0 Å². The molecule has 0 aliphatic rings. The topological polar surface area (TPSA) is 46.5 Å². The van der Waals surface area contributed by atoms with Crippen LogP contribution in [0.15, 0.2) is 24.3 Å². The number of benzene rings is 1. The van der Waals surface area contributed by atoms with Gasteiger partial charge in [0.15, 0.2) is 6.10 Å². The summed E-state index contributed by atoms with van der Waals surface area (Å²) < 4.78 is 42.9. The van der Waals surface area contributed by atoms with Gasteiger partial charge in [-0.2, -0.15) is 13.2 Å². The predicted molar refractivity (Wildman–Crippen MR) is 67.4 cm³/mol. The minimum Gasteiger partial charge on any atom is -0.479 e. The van der Waals surface area contributed by atoms with Gasteiger partial charge in [-0.05, 0) is 17.5 Å². The maximum atomic E-state index is 12.6. The first-order valence-electron chi connectivity index (χ1n) is 6.20. The van der Waals surface area contributed by atoms with E-state index in [1.165, 1.54) is 12.1 Å². The molecule has 0 aromatic heterocycles. The van der Waals surface area contributed by atoms with E-state index in [4.69, 9.17) is 9.84 Å². The molecule has 0 radical (unpaired) electrons. The van der Waals surface area contributed by atoms with Gasteiger partial charge in [0.2, 0.25) is 0 Å². The number of aliphatic carboxylic acids is 1. The van der Waals surface area contributed by atoms with E-state index in [0.717, 1.165) is 12.1 Å². The van der Waals surface area contributed by atoms with Crippen LogP contribution < -0.4 is 0 Å². The minimum atomic E-state index is -4.44. The molecule has 0 spiro atoms. The van der Waals surface area contributed by atoms with Crippen LogP contribution in [0.25, 0.3) is 0 Å². The molecule has 0 heterocycles. The summed E-state index contributed by atoms with van der Waals surface area (Å²) in [4.78, 5) is 11.1. The van der Waals surface area contributed by atoms with Gasteiger partial charge in [-0.15, -0.1) is 0 Å². The summed E-state index contributed by atoms with van der Waals surface area (Å²) in [6.07, 6.45) is -5.67. The molecule has 1 unspecified atom stereocenters. The van der Waals surface area contributed by atoms with E-state index < -0.39 is 23.8 Å². The van der Waals surface area contributed by atoms with Crippen molar-refractivity contribution in [2.45, 2.75) is 32.5 Å². The molecule has 6 heteroatoms. The van der Waals surface area contributed by atoms with Gasteiger partial charge in [0.1, 0.15) is 0 Å². The Morgan fingerprint density at radius 1 is 1.35 bits per heavy atom. The van der Waals surface area contributed by atoms with Crippen LogP contribution in [-0.2, 0) is 22.1 Å². The third kappa shape index (κ3) is 5.21. The molecule has 3 nitrogen and oxygen atoms in total. The van der Waals surface area contributed by atoms with Crippen LogP contribution in [-0.4, -0.2) is 23.8 Å². The Kier molecular flexibility index (Phi) is 5.56. The zero-order chi connectivity index (χ0) is 15.3. The Labute approximate surface area is 115 Å². The zero-order valence-electron chi connectivity index (χ0n) is 11.3. The lowest BCUT2D eigenvalue weighted by Crippen LogP contribution is -2.28. The van der Waals surface area contributed by atoms with E-state index in [2.05, 4.69) is 0 Å². The van der Waals surface area contributed by atoms with Crippen molar-refractivity contribution in [1.29, 1.82) is 0 Å². The van der Waals surface area contributed by atoms with Gasteiger partial charge in [0.05, 0.1) is 12.2 Å². The molecule has 1 aromatic carbocycles. The van der Waals surface area contributed by atoms with E-state index in [-0.39, 0.29) is 24.5 Å². The van der Waals surface area contributed by atoms with Gasteiger partial charge in [0, 0.05) is 6.42 Å². The molecule has 0 saturated heterocycles. The van der Waals surface area contributed by atoms with Crippen LogP contribution >= 0.6 is 0 Å². The number of hydrogen-bond donors (Lipinski definition) is 1. The number of rotatable bonds is 6. The summed E-state index contributed by atoms with van der Waals surface area (Å²) in [5.74, 6) is -1.03. The highest BCUT2D eigenvalue weighted by Crippen LogP contribution is 2.29. The summed E-state index contributed by atoms with van der Waals surface area (Å²) in [5.41, 5.74) is -0.501. The molecule has 0 bridgehead atoms. The minimum absolute atomic E-state index is 0.0913. The third-order valence-electron chi connectivity index (χ3n) is 2.58. The second-order valence-corrected chi connectivity index (χ2v) is 4.96. The summed E-state index contributed by atoms with van der Waals surface area (Å²) in [6, 6.07) is 4.63. The smallest absolute Gasteiger partial charge is 0.416 e. The van der Waals surface area contributed by atoms with Crippen molar-refractivity contribution in [3.05, 3.63) is 35.4 Å². The van der Waals surface area contributed by atoms with Crippen molar-refractivity contribution in [2.75, 3.05) is 6.61 Å². The monoisotopic (exact) mass is 290 g/mol. The second kappa shape index (κ2) is 6.74. The van der Waals surface area contributed by atoms with Crippen LogP contribution in [0.2, 0.25) is 0 Å². The van der Waals surface area contributed by atoms with Crippen molar-refractivity contribution >= 4 is 5.97 Å². The lowest BCUT2D eigenvalue weighted by molar-refractivity contribution is -0.150. The van der Waals surface area contributed by atoms with E-state index in [1.807, 2.05) is 13.8 Å². The first kappa shape index (κ1) is 16.5. The van der Waals surface area contributed by atoms with Crippen molar-refractivity contribution in [2.24, 2.45) is 5.92 Å². The fraction of sp³-hybridized carbons (Fsp3) is 0.500. The van der Waals surface area contributed by atoms with E-state index in [0.29, 0.717) is 0 Å². The van der Waals surface area contributed by atoms with Gasteiger partial charge in [-0.1, -0.05) is 32.0 Å². The molecule has 0 aliphatic heterocycles. The molecule has 0 fully saturated rings. The first-order valence-corrected chi connectivity index (χ1v) is 6.20. The average Bonchev–Trinajstić information content (AvgIpc) is 2.33. The standard InChI is InChI=1S/C14H17F3O3/c1-9(2)8-20-12(13(18)19)7-10-4-3-5-11(6-10)14(15,16)17/h3-6,9,12H,7-8H2,1-2H3,(H,18,19). The fourth-order valence-electron chi connectivity index (χ4n) is 1.61. The fourth-order valence-corrected chi connectivity index (χ4v) is 1.61. The van der Waals surface area contributed by atoms with Crippen molar-refractivity contribution < 1.29 is 27.8 Å². The Bertz CT molecular complexity index is 455. The Morgan fingerprint density at radius 2 is 2.00 bits per heavy atom. The maximum absolute atomic E-state index is 12.6. The van der Waals surface area contributed by atoms with Crippen LogP contribution in [0, 0.1) is 5.92 Å². The van der Waals surface area contributed by atoms with Gasteiger partial charge in [-0.3, -0.25) is 0 Å². The number of ether oxygens (including phenoxy) is 1. The second-order valence-electron chi connectivity index (χ2n) is 4.96. The van der Waals surface area contributed by atoms with Gasteiger partial charge < -0.3 is 9.84 Å². The Morgan fingerprint density at radius 3 is 2.50 bits per heavy atom. The number of carboxylic acid groups (broad SMARTS) is 1. The maximum Gasteiger partial charge on any atom is 0.416 e. The largest absolute Gasteiger partial charge is 0.479 e. The Balaban J connectivity index is 2.81. The zero-order valence-corrected chi connectivity index (χ0v) is 11.3. The molecule has 0 saturated carbocycles. The molecular formula is C14H17F3O3. The van der Waals surface area contributed by atoms with Crippen LogP contribution in [0.1, 0.15) is 25.0 Å². The number of alkyl halides is 3. The van der Waals surface area contributed by atoms with Gasteiger partial charge in [0.25, 0.3) is 0 Å². The Hall–Kier alpha value is -1.56. The summed E-state index contributed by atoms with van der Waals surface area (Å²) in [7, 11) is 0. The number of hydrogen-bond acceptors (Lipinski definition) is 2. The third-order valence-corrected chi connectivity index (χ3v) is 2.58. The normalized spacial score (nSPS) is 13.5. The number of carboxylic acids is 1. The lowest BCUT2D eigenvalue weighted by Gasteiger charge is -2.16. The molecule has 1 aromatic rings. The van der Waals surface area contributed by atoms with Gasteiger partial charge in [-0.25, -0.2) is 4.79 Å². The SMILES string of the molecule is CC(C)COC(Cc1cccc(C(F)(F)F)c1)C(=O)O. The molecule has 112 valence electrons. The van der Waals surface area contributed by atoms with Crippen molar-refractivity contribution in [1.82, 2.24) is 0 Å². The molecule has 0 amide bonds. The first-order chi connectivity index (χ1) is 9.20. The molecule has 20 heavy (non-hydrogen) atoms. The highest BCUT2D eigenvalue weighted by Gasteiger charge is 2.30. The molecular weight excluding hydrogens is 273 g/mol. The lowest BCUT2D eigenvalue weighted by atomic mass is 10.0. The number of carbonyl (C=O) groups is 1. The predicted octanol–water partition coefficient (Wildman–Crippen LogP) is 3.37. The van der Waals surface area contributed by atoms with E-state index in [9.17, 15) is 18.0 Å². The van der Waals surface area contributed by atoms with E-state index >= 15 is 0 Å². The molecule has 0 aliphatic carbocycles. The quantitative estimate of drug-likeness (QED) is 0.873. The number of halogens is 3. The average molecular weight is 290 g/mol. The van der Waals surface area contributed by atoms with Crippen molar-refractivity contribution in [3.8, 4) is 0 Å². The van der Waals surface area contributed by atoms with Gasteiger partial charge >= 0.3 is 12.1 Å². The highest BCUT2D eigenvalue weighted by atomic mass is 19.4. The molecule has 1 rings (SSSR count). The summed E-state index contributed by atoms with van der Waals surface area (Å²) in [6.45, 7) is 3.97. The van der Waals surface area contributed by atoms with Crippen molar-refractivity contribution in [3.63, 3.8) is 0 Å². The van der Waals surface area contributed by atoms with Crippen LogP contribution in [0.4, 0.5) is 13.2 Å². The summed E-state index contributed by atoms with van der Waals surface area (Å²) in [5, 5.41) is 9.03. The molecule has 1 N–H and O–H groups in total. The van der Waals surface area contributed by atoms with Crippen LogP contribution in [0.5, 0.6) is 0 Å². The highest BCUT2D eigenvalue weighted by molar-refractivity contribution is 5.72. The van der Waals surface area contributed by atoms with Crippen LogP contribution in [0.3, 0.4) is 0 Å².